The van der Waals surface area contributed by atoms with Gasteiger partial charge in [0.2, 0.25) is 0 Å². The van der Waals surface area contributed by atoms with Crippen LogP contribution in [0, 0.1) is 6.92 Å². The Hall–Kier alpha value is -1.42. The van der Waals surface area contributed by atoms with Gasteiger partial charge in [-0.25, -0.2) is 0 Å². The van der Waals surface area contributed by atoms with Crippen molar-refractivity contribution in [1.82, 2.24) is 0 Å². The first-order valence-corrected chi connectivity index (χ1v) is 8.56. The molecule has 0 aliphatic rings. The number of alkyl halides is 1. The van der Waals surface area contributed by atoms with Gasteiger partial charge >= 0.3 is 0 Å². The number of carbonyl (C=O) groups excluding carboxylic acids is 1. The minimum absolute atomic E-state index is 0.0503. The van der Waals surface area contributed by atoms with Crippen molar-refractivity contribution < 1.29 is 14.3 Å². The van der Waals surface area contributed by atoms with E-state index in [-0.39, 0.29) is 12.4 Å². The van der Waals surface area contributed by atoms with Crippen molar-refractivity contribution in [3.63, 3.8) is 0 Å². The first-order chi connectivity index (χ1) is 11.5. The third kappa shape index (κ3) is 5.30. The predicted octanol–water partition coefficient (Wildman–Crippen LogP) is 5.45. The molecule has 0 heterocycles. The van der Waals surface area contributed by atoms with Crippen molar-refractivity contribution in [2.75, 3.05) is 19.1 Å². The van der Waals surface area contributed by atoms with Crippen LogP contribution in [-0.2, 0) is 4.79 Å². The fraction of sp³-hybridized carbons (Fsp3) is 0.222. The van der Waals surface area contributed by atoms with E-state index >= 15 is 0 Å². The maximum atomic E-state index is 10.8. The van der Waals surface area contributed by atoms with Crippen molar-refractivity contribution in [2.24, 2.45) is 0 Å². The fourth-order valence-electron chi connectivity index (χ4n) is 2.00. The van der Waals surface area contributed by atoms with E-state index in [4.69, 9.17) is 44.3 Å². The van der Waals surface area contributed by atoms with E-state index in [1.807, 2.05) is 12.1 Å². The Bertz CT molecular complexity index is 676. The highest BCUT2D eigenvalue weighted by molar-refractivity contribution is 6.37. The third-order valence-electron chi connectivity index (χ3n) is 3.11. The van der Waals surface area contributed by atoms with Gasteiger partial charge < -0.3 is 9.47 Å². The standard InChI is InChI=1S/C18H16Cl3O3/c1-12(22)11-24-15-5-3-13(4-6-15)14-9-16(20)18(17(21)10-14)23-8-2-7-19/h3-6,9-10H,1-2,7-8,11H2. The Morgan fingerprint density at radius 2 is 1.62 bits per heavy atom. The fourth-order valence-corrected chi connectivity index (χ4v) is 2.71. The summed E-state index contributed by atoms with van der Waals surface area (Å²) in [7, 11) is 0. The molecule has 1 radical (unpaired) electrons. The van der Waals surface area contributed by atoms with E-state index in [9.17, 15) is 4.79 Å². The molecule has 0 amide bonds. The molecular formula is C18H16Cl3O3. The molecule has 0 aliphatic heterocycles. The number of ether oxygens (including phenoxy) is 2. The van der Waals surface area contributed by atoms with Crippen molar-refractivity contribution >= 4 is 40.6 Å². The smallest absolute Gasteiger partial charge is 0.170 e. The van der Waals surface area contributed by atoms with Crippen LogP contribution in [0.25, 0.3) is 11.1 Å². The molecule has 0 N–H and O–H groups in total. The van der Waals surface area contributed by atoms with E-state index in [0.29, 0.717) is 40.5 Å². The zero-order chi connectivity index (χ0) is 17.5. The lowest BCUT2D eigenvalue weighted by atomic mass is 10.1. The lowest BCUT2D eigenvalue weighted by molar-refractivity contribution is -0.116. The minimum Gasteiger partial charge on any atom is -0.490 e. The van der Waals surface area contributed by atoms with E-state index < -0.39 is 0 Å². The van der Waals surface area contributed by atoms with Crippen LogP contribution in [0.5, 0.6) is 11.5 Å². The number of benzene rings is 2. The summed E-state index contributed by atoms with van der Waals surface area (Å²) in [5.41, 5.74) is 1.77. The number of halogens is 3. The first kappa shape index (κ1) is 18.9. The molecule has 0 spiro atoms. The Morgan fingerprint density at radius 1 is 1.00 bits per heavy atom. The summed E-state index contributed by atoms with van der Waals surface area (Å²) in [6.07, 6.45) is 0.715. The summed E-state index contributed by atoms with van der Waals surface area (Å²) in [6, 6.07) is 10.8. The topological polar surface area (TPSA) is 35.5 Å². The Labute approximate surface area is 156 Å². The SMILES string of the molecule is [CH2]C(=O)COc1ccc(-c2cc(Cl)c(OCCCCl)c(Cl)c2)cc1. The van der Waals surface area contributed by atoms with Crippen LogP contribution >= 0.6 is 34.8 Å². The number of hydrogen-bond acceptors (Lipinski definition) is 3. The molecule has 0 saturated carbocycles. The van der Waals surface area contributed by atoms with Gasteiger partial charge in [-0.2, -0.15) is 0 Å². The Balaban J connectivity index is 2.15. The van der Waals surface area contributed by atoms with Gasteiger partial charge in [0.15, 0.2) is 11.5 Å². The molecule has 0 bridgehead atoms. The van der Waals surface area contributed by atoms with Gasteiger partial charge in [0.1, 0.15) is 12.4 Å². The maximum absolute atomic E-state index is 10.8. The van der Waals surface area contributed by atoms with Gasteiger partial charge in [-0.1, -0.05) is 35.3 Å². The van der Waals surface area contributed by atoms with Crippen LogP contribution in [0.1, 0.15) is 6.42 Å². The summed E-state index contributed by atoms with van der Waals surface area (Å²) in [5, 5.41) is 0.880. The van der Waals surface area contributed by atoms with Gasteiger partial charge in [-0.3, -0.25) is 4.79 Å². The summed E-state index contributed by atoms with van der Waals surface area (Å²) < 4.78 is 10.9. The average Bonchev–Trinajstić information content (AvgIpc) is 2.56. The second-order valence-corrected chi connectivity index (χ2v) is 6.20. The van der Waals surface area contributed by atoms with Crippen molar-refractivity contribution in [3.05, 3.63) is 53.4 Å². The monoisotopic (exact) mass is 385 g/mol. The molecule has 0 atom stereocenters. The van der Waals surface area contributed by atoms with Crippen LogP contribution in [0.4, 0.5) is 0 Å². The van der Waals surface area contributed by atoms with E-state index in [1.54, 1.807) is 24.3 Å². The quantitative estimate of drug-likeness (QED) is 0.447. The molecule has 3 nitrogen and oxygen atoms in total. The highest BCUT2D eigenvalue weighted by Gasteiger charge is 2.11. The molecule has 0 fully saturated rings. The highest BCUT2D eigenvalue weighted by atomic mass is 35.5. The van der Waals surface area contributed by atoms with E-state index in [0.717, 1.165) is 11.1 Å². The predicted molar refractivity (Wildman–Crippen MR) is 98.6 cm³/mol. The zero-order valence-corrected chi connectivity index (χ0v) is 15.1. The molecule has 0 unspecified atom stereocenters. The third-order valence-corrected chi connectivity index (χ3v) is 3.94. The number of hydrogen-bond donors (Lipinski definition) is 0. The summed E-state index contributed by atoms with van der Waals surface area (Å²) in [5.74, 6) is 1.29. The molecule has 2 aromatic carbocycles. The highest BCUT2D eigenvalue weighted by Crippen LogP contribution is 2.38. The van der Waals surface area contributed by atoms with Gasteiger partial charge in [0.25, 0.3) is 0 Å². The molecule has 0 aliphatic carbocycles. The van der Waals surface area contributed by atoms with Gasteiger partial charge in [-0.15, -0.1) is 11.6 Å². The lowest BCUT2D eigenvalue weighted by Crippen LogP contribution is -2.06. The maximum Gasteiger partial charge on any atom is 0.170 e. The van der Waals surface area contributed by atoms with Crippen molar-refractivity contribution in [1.29, 1.82) is 0 Å². The molecule has 2 rings (SSSR count). The van der Waals surface area contributed by atoms with E-state index in [1.165, 1.54) is 0 Å². The Morgan fingerprint density at radius 3 is 2.17 bits per heavy atom. The van der Waals surface area contributed by atoms with Crippen molar-refractivity contribution in [3.8, 4) is 22.6 Å². The summed E-state index contributed by atoms with van der Waals surface area (Å²) in [6.45, 7) is 3.67. The van der Waals surface area contributed by atoms with Crippen LogP contribution in [0.3, 0.4) is 0 Å². The summed E-state index contributed by atoms with van der Waals surface area (Å²) in [4.78, 5) is 10.8. The zero-order valence-electron chi connectivity index (χ0n) is 12.9. The second-order valence-electron chi connectivity index (χ2n) is 5.01. The first-order valence-electron chi connectivity index (χ1n) is 7.27. The van der Waals surface area contributed by atoms with Crippen molar-refractivity contribution in [2.45, 2.75) is 6.42 Å². The Kier molecular flexibility index (Phi) is 7.22. The van der Waals surface area contributed by atoms with Crippen LogP contribution in [-0.4, -0.2) is 24.9 Å². The molecule has 0 saturated heterocycles. The molecule has 2 aromatic rings. The molecule has 0 aromatic heterocycles. The number of ketones is 1. The largest absolute Gasteiger partial charge is 0.490 e. The normalized spacial score (nSPS) is 10.5. The number of rotatable bonds is 8. The number of Topliss-reactive ketones (excluding diaryl/α,β-unsaturated/α-hetero) is 1. The molecule has 127 valence electrons. The lowest BCUT2D eigenvalue weighted by Gasteiger charge is -2.12. The second kappa shape index (κ2) is 9.16. The molecular weight excluding hydrogens is 371 g/mol. The van der Waals surface area contributed by atoms with Crippen LogP contribution < -0.4 is 9.47 Å². The summed E-state index contributed by atoms with van der Waals surface area (Å²) >= 11 is 18.2. The van der Waals surface area contributed by atoms with E-state index in [2.05, 4.69) is 6.92 Å². The van der Waals surface area contributed by atoms with Gasteiger partial charge in [0.05, 0.1) is 16.7 Å². The van der Waals surface area contributed by atoms with Crippen LogP contribution in [0.15, 0.2) is 36.4 Å². The number of carbonyl (C=O) groups is 1. The minimum atomic E-state index is -0.276. The average molecular weight is 387 g/mol. The van der Waals surface area contributed by atoms with Gasteiger partial charge in [-0.05, 0) is 41.8 Å². The molecule has 6 heteroatoms. The van der Waals surface area contributed by atoms with Gasteiger partial charge in [0, 0.05) is 12.8 Å². The molecule has 24 heavy (non-hydrogen) atoms. The van der Waals surface area contributed by atoms with Crippen LogP contribution in [0.2, 0.25) is 10.0 Å².